The zero-order chi connectivity index (χ0) is 38.0. The van der Waals surface area contributed by atoms with Gasteiger partial charge in [-0.25, -0.2) is 29.9 Å². The van der Waals surface area contributed by atoms with Crippen molar-refractivity contribution in [3.8, 4) is 44.9 Å². The highest BCUT2D eigenvalue weighted by molar-refractivity contribution is 5.87. The minimum Gasteiger partial charge on any atom is -0.244 e. The van der Waals surface area contributed by atoms with Crippen LogP contribution in [-0.2, 0) is 18.5 Å². The average Bonchev–Trinajstić information content (AvgIpc) is 3.75. The van der Waals surface area contributed by atoms with Crippen molar-refractivity contribution in [2.24, 2.45) is 0 Å². The maximum absolute atomic E-state index is 14.5. The van der Waals surface area contributed by atoms with E-state index in [1.807, 2.05) is 0 Å². The van der Waals surface area contributed by atoms with Crippen molar-refractivity contribution in [2.75, 3.05) is 0 Å². The smallest absolute Gasteiger partial charge is 0.244 e. The highest BCUT2D eigenvalue weighted by Crippen LogP contribution is 2.43. The van der Waals surface area contributed by atoms with Gasteiger partial charge >= 0.3 is 18.5 Å². The van der Waals surface area contributed by atoms with Crippen molar-refractivity contribution in [1.82, 2.24) is 29.9 Å². The topological polar surface area (TPSA) is 77.3 Å². The summed E-state index contributed by atoms with van der Waals surface area (Å²) >= 11 is 0. The molecule has 7 aromatic rings. The first kappa shape index (κ1) is 34.6. The number of para-hydroxylation sites is 6. The van der Waals surface area contributed by atoms with Crippen LogP contribution >= 0.6 is 0 Å². The Hall–Kier alpha value is -6.51. The number of halogens is 9. The van der Waals surface area contributed by atoms with Gasteiger partial charge in [0.25, 0.3) is 0 Å². The number of hydrogen-bond donors (Lipinski definition) is 0. The van der Waals surface area contributed by atoms with E-state index < -0.39 is 69.4 Å². The Balaban J connectivity index is 0.000000620. The van der Waals surface area contributed by atoms with E-state index in [1.54, 1.807) is 0 Å². The van der Waals surface area contributed by atoms with Crippen molar-refractivity contribution in [2.45, 2.75) is 18.5 Å². The highest BCUT2D eigenvalue weighted by atomic mass is 19.4. The molecule has 15 heteroatoms. The van der Waals surface area contributed by atoms with Gasteiger partial charge in [-0.15, -0.1) is 0 Å². The molecule has 9 rings (SSSR count). The standard InChI is InChI=1S/C33H15F9N6.C6H4/c34-31(35,36)28-25(43-19-7-1-4-10-22(19)46-28)16-13-17(26-29(32(37,38)39)47-23-11-5-2-8-20(23)44-26)15-18(14-16)27-30(33(40,41)42)48-24-12-6-3-9-21(24)45-27;1-2-5-4-6(5)3-1/h1-15H;1-4H. The monoisotopic (exact) mass is 742 g/mol. The molecular weight excluding hydrogens is 723 g/mol. The summed E-state index contributed by atoms with van der Waals surface area (Å²) in [5.41, 5.74) is -6.11. The Labute approximate surface area is 298 Å². The van der Waals surface area contributed by atoms with Crippen LogP contribution in [-0.4, -0.2) is 29.9 Å². The van der Waals surface area contributed by atoms with Gasteiger partial charge in [-0.05, 0) is 71.8 Å². The minimum atomic E-state index is -5.12. The van der Waals surface area contributed by atoms with Gasteiger partial charge in [-0.1, -0.05) is 54.6 Å². The third-order valence-electron chi connectivity index (χ3n) is 8.38. The largest absolute Gasteiger partial charge is 0.435 e. The van der Waals surface area contributed by atoms with Crippen LogP contribution in [0.25, 0.3) is 78.0 Å². The molecule has 0 radical (unpaired) electrons. The predicted octanol–water partition coefficient (Wildman–Crippen LogP) is 11.2. The van der Waals surface area contributed by atoms with E-state index in [0.29, 0.717) is 0 Å². The minimum absolute atomic E-state index is 0.00425. The summed E-state index contributed by atoms with van der Waals surface area (Å²) in [5, 5.41) is 0. The molecule has 0 unspecified atom stereocenters. The molecule has 0 aliphatic heterocycles. The highest BCUT2D eigenvalue weighted by Gasteiger charge is 2.41. The predicted molar refractivity (Wildman–Crippen MR) is 182 cm³/mol. The van der Waals surface area contributed by atoms with Gasteiger partial charge in [0, 0.05) is 16.7 Å². The summed E-state index contributed by atoms with van der Waals surface area (Å²) < 4.78 is 130. The quantitative estimate of drug-likeness (QED) is 0.168. The molecule has 3 heterocycles. The number of aromatic nitrogens is 6. The van der Waals surface area contributed by atoms with Crippen LogP contribution in [0.5, 0.6) is 0 Å². The van der Waals surface area contributed by atoms with Gasteiger partial charge in [0.15, 0.2) is 17.1 Å². The SMILES string of the molecule is FC(F)(F)c1nc2ccccc2nc1-c1cc(-c2nc3ccccc3nc2C(F)(F)F)cc(-c2nc3ccccc3nc2C(F)(F)F)c1.c1cc2cc-2c1. The summed E-state index contributed by atoms with van der Waals surface area (Å²) in [5.74, 6) is 0. The first-order chi connectivity index (χ1) is 25.6. The van der Waals surface area contributed by atoms with Crippen molar-refractivity contribution < 1.29 is 39.5 Å². The Morgan fingerprint density at radius 2 is 0.519 bits per heavy atom. The lowest BCUT2D eigenvalue weighted by Crippen LogP contribution is -2.14. The molecule has 0 fully saturated rings. The number of nitrogens with zero attached hydrogens (tertiary/aromatic N) is 6. The van der Waals surface area contributed by atoms with Gasteiger partial charge in [-0.2, -0.15) is 39.5 Å². The number of hydrogen-bond acceptors (Lipinski definition) is 6. The van der Waals surface area contributed by atoms with Gasteiger partial charge in [-0.3, -0.25) is 0 Å². The molecule has 3 aromatic heterocycles. The average molecular weight is 743 g/mol. The molecule has 0 amide bonds. The summed E-state index contributed by atoms with van der Waals surface area (Å²) in [6.07, 6.45) is -15.4. The molecule has 0 N–H and O–H groups in total. The van der Waals surface area contributed by atoms with E-state index in [0.717, 1.165) is 18.2 Å². The number of alkyl halides is 9. The normalized spacial score (nSPS) is 12.5. The van der Waals surface area contributed by atoms with E-state index in [1.165, 1.54) is 83.9 Å². The van der Waals surface area contributed by atoms with Gasteiger partial charge in [0.1, 0.15) is 17.1 Å². The number of fused-ring (bicyclic) bond motifs is 4. The fraction of sp³-hybridized carbons (Fsp3) is 0.0769. The third-order valence-corrected chi connectivity index (χ3v) is 8.38. The summed E-state index contributed by atoms with van der Waals surface area (Å²) in [4.78, 5) is 23.5. The van der Waals surface area contributed by atoms with Crippen molar-refractivity contribution in [3.05, 3.63) is 132 Å². The van der Waals surface area contributed by atoms with Crippen LogP contribution in [0.3, 0.4) is 0 Å². The van der Waals surface area contributed by atoms with E-state index >= 15 is 0 Å². The fourth-order valence-electron chi connectivity index (χ4n) is 5.91. The van der Waals surface area contributed by atoms with Crippen molar-refractivity contribution in [3.63, 3.8) is 0 Å². The summed E-state index contributed by atoms with van der Waals surface area (Å²) in [7, 11) is 0. The molecule has 0 spiro atoms. The Bertz CT molecular complexity index is 2470. The number of benzene rings is 5. The molecule has 0 saturated heterocycles. The van der Waals surface area contributed by atoms with Crippen molar-refractivity contribution >= 4 is 33.1 Å². The molecule has 0 saturated carbocycles. The summed E-state index contributed by atoms with van der Waals surface area (Å²) in [6.45, 7) is 0. The fourth-order valence-corrected chi connectivity index (χ4v) is 5.91. The van der Waals surface area contributed by atoms with Gasteiger partial charge < -0.3 is 0 Å². The van der Waals surface area contributed by atoms with Gasteiger partial charge in [0.2, 0.25) is 0 Å². The molecule has 2 aliphatic rings. The van der Waals surface area contributed by atoms with Crippen LogP contribution in [0, 0.1) is 0 Å². The van der Waals surface area contributed by atoms with Crippen molar-refractivity contribution in [1.29, 1.82) is 0 Å². The molecule has 0 atom stereocenters. The van der Waals surface area contributed by atoms with E-state index in [2.05, 4.69) is 54.2 Å². The second kappa shape index (κ2) is 12.6. The maximum atomic E-state index is 14.5. The molecule has 6 nitrogen and oxygen atoms in total. The Morgan fingerprint density at radius 1 is 0.278 bits per heavy atom. The molecule has 54 heavy (non-hydrogen) atoms. The lowest BCUT2D eigenvalue weighted by atomic mass is 9.96. The van der Waals surface area contributed by atoms with E-state index in [4.69, 9.17) is 0 Å². The third kappa shape index (κ3) is 6.64. The first-order valence-electron chi connectivity index (χ1n) is 15.9. The zero-order valence-electron chi connectivity index (χ0n) is 27.1. The first-order valence-corrected chi connectivity index (χ1v) is 15.9. The van der Waals surface area contributed by atoms with E-state index in [9.17, 15) is 39.5 Å². The molecule has 4 aromatic carbocycles. The second-order valence-corrected chi connectivity index (χ2v) is 12.1. The molecule has 268 valence electrons. The molecule has 0 bridgehead atoms. The molecular formula is C39H19F9N6. The van der Waals surface area contributed by atoms with Crippen LogP contribution in [0.1, 0.15) is 17.1 Å². The lowest BCUT2D eigenvalue weighted by molar-refractivity contribution is -0.141. The maximum Gasteiger partial charge on any atom is 0.435 e. The summed E-state index contributed by atoms with van der Waals surface area (Å²) in [6, 6.07) is 27.9. The lowest BCUT2D eigenvalue weighted by Gasteiger charge is -2.18. The van der Waals surface area contributed by atoms with Crippen LogP contribution in [0.15, 0.2) is 115 Å². The van der Waals surface area contributed by atoms with Crippen LogP contribution in [0.2, 0.25) is 0 Å². The van der Waals surface area contributed by atoms with Gasteiger partial charge in [0.05, 0.1) is 33.1 Å². The van der Waals surface area contributed by atoms with Crippen LogP contribution in [0.4, 0.5) is 39.5 Å². The second-order valence-electron chi connectivity index (χ2n) is 12.1. The number of rotatable bonds is 3. The van der Waals surface area contributed by atoms with Crippen LogP contribution < -0.4 is 0 Å². The van der Waals surface area contributed by atoms with E-state index in [-0.39, 0.29) is 33.1 Å². The Morgan fingerprint density at radius 3 is 0.722 bits per heavy atom. The zero-order valence-corrected chi connectivity index (χ0v) is 27.1. The Kier molecular flexibility index (Phi) is 8.05. The molecule has 2 aliphatic carbocycles.